The van der Waals surface area contributed by atoms with Gasteiger partial charge in [0.25, 0.3) is 0 Å². The lowest BCUT2D eigenvalue weighted by molar-refractivity contribution is 0.0381. The van der Waals surface area contributed by atoms with E-state index >= 15 is 0 Å². The molecular weight excluding hydrogens is 236 g/mol. The standard InChI is InChI=1S/C16H22N2O/c1-3-4-8-12-16(2,19)15-11-13-17-18(15)14-9-6-5-7-10-14/h5-7,9-11,13,19H,3-4,8,12H2,1-2H3. The van der Waals surface area contributed by atoms with E-state index in [4.69, 9.17) is 0 Å². The van der Waals surface area contributed by atoms with Crippen molar-refractivity contribution in [3.63, 3.8) is 0 Å². The number of hydrogen-bond acceptors (Lipinski definition) is 2. The highest BCUT2D eigenvalue weighted by Gasteiger charge is 2.26. The minimum atomic E-state index is -0.832. The molecular formula is C16H22N2O. The maximum absolute atomic E-state index is 10.7. The number of aliphatic hydroxyl groups is 1. The quantitative estimate of drug-likeness (QED) is 0.803. The summed E-state index contributed by atoms with van der Waals surface area (Å²) < 4.78 is 1.83. The molecule has 0 aliphatic heterocycles. The van der Waals surface area contributed by atoms with Crippen LogP contribution in [0.25, 0.3) is 5.69 Å². The molecule has 0 spiro atoms. The number of hydrogen-bond donors (Lipinski definition) is 1. The number of unbranched alkanes of at least 4 members (excludes halogenated alkanes) is 2. The number of benzene rings is 1. The van der Waals surface area contributed by atoms with Gasteiger partial charge >= 0.3 is 0 Å². The molecule has 0 aliphatic carbocycles. The van der Waals surface area contributed by atoms with Gasteiger partial charge in [-0.15, -0.1) is 0 Å². The molecule has 102 valence electrons. The van der Waals surface area contributed by atoms with E-state index in [0.29, 0.717) is 0 Å². The van der Waals surface area contributed by atoms with Crippen LogP contribution in [-0.2, 0) is 5.60 Å². The molecule has 1 aromatic carbocycles. The Morgan fingerprint density at radius 2 is 1.89 bits per heavy atom. The lowest BCUT2D eigenvalue weighted by Crippen LogP contribution is -2.25. The zero-order chi connectivity index (χ0) is 13.7. The third-order valence-corrected chi connectivity index (χ3v) is 3.46. The third kappa shape index (κ3) is 3.24. The van der Waals surface area contributed by atoms with Crippen molar-refractivity contribution in [1.82, 2.24) is 9.78 Å². The van der Waals surface area contributed by atoms with Crippen LogP contribution in [0.4, 0.5) is 0 Å². The lowest BCUT2D eigenvalue weighted by Gasteiger charge is -2.24. The molecule has 3 heteroatoms. The maximum Gasteiger partial charge on any atom is 0.104 e. The van der Waals surface area contributed by atoms with Crippen molar-refractivity contribution < 1.29 is 5.11 Å². The predicted octanol–water partition coefficient (Wildman–Crippen LogP) is 3.66. The summed E-state index contributed by atoms with van der Waals surface area (Å²) in [6, 6.07) is 11.8. The highest BCUT2D eigenvalue weighted by Crippen LogP contribution is 2.28. The zero-order valence-corrected chi connectivity index (χ0v) is 11.7. The van der Waals surface area contributed by atoms with Gasteiger partial charge in [0.2, 0.25) is 0 Å². The van der Waals surface area contributed by atoms with Gasteiger partial charge in [-0.2, -0.15) is 5.10 Å². The summed E-state index contributed by atoms with van der Waals surface area (Å²) in [5.74, 6) is 0. The van der Waals surface area contributed by atoms with E-state index < -0.39 is 5.60 Å². The Bertz CT molecular complexity index is 502. The average molecular weight is 258 g/mol. The van der Waals surface area contributed by atoms with E-state index in [1.165, 1.54) is 0 Å². The van der Waals surface area contributed by atoms with Crippen molar-refractivity contribution in [3.05, 3.63) is 48.3 Å². The van der Waals surface area contributed by atoms with E-state index in [2.05, 4.69) is 12.0 Å². The summed E-state index contributed by atoms with van der Waals surface area (Å²) >= 11 is 0. The topological polar surface area (TPSA) is 38.1 Å². The molecule has 0 aliphatic rings. The van der Waals surface area contributed by atoms with Crippen LogP contribution in [0.1, 0.15) is 45.2 Å². The van der Waals surface area contributed by atoms with Gasteiger partial charge in [-0.25, -0.2) is 4.68 Å². The van der Waals surface area contributed by atoms with Crippen molar-refractivity contribution in [2.24, 2.45) is 0 Å². The van der Waals surface area contributed by atoms with E-state index in [-0.39, 0.29) is 0 Å². The van der Waals surface area contributed by atoms with Crippen molar-refractivity contribution in [2.75, 3.05) is 0 Å². The summed E-state index contributed by atoms with van der Waals surface area (Å²) in [5, 5.41) is 15.0. The molecule has 2 aromatic rings. The first kappa shape index (κ1) is 13.8. The van der Waals surface area contributed by atoms with Gasteiger partial charge in [0.05, 0.1) is 11.4 Å². The van der Waals surface area contributed by atoms with Crippen LogP contribution in [0.3, 0.4) is 0 Å². The van der Waals surface area contributed by atoms with Gasteiger partial charge in [0, 0.05) is 6.20 Å². The van der Waals surface area contributed by atoms with Crippen LogP contribution in [0, 0.1) is 0 Å². The van der Waals surface area contributed by atoms with Gasteiger partial charge in [-0.3, -0.25) is 0 Å². The SMILES string of the molecule is CCCCCC(C)(O)c1ccnn1-c1ccccc1. The molecule has 1 atom stereocenters. The number of rotatable bonds is 6. The first-order valence-corrected chi connectivity index (χ1v) is 6.97. The van der Waals surface area contributed by atoms with Crippen molar-refractivity contribution in [2.45, 2.75) is 45.1 Å². The van der Waals surface area contributed by atoms with Crippen LogP contribution < -0.4 is 0 Å². The molecule has 1 N–H and O–H groups in total. The molecule has 0 bridgehead atoms. The Hall–Kier alpha value is -1.61. The fraction of sp³-hybridized carbons (Fsp3) is 0.438. The first-order chi connectivity index (χ1) is 9.15. The Morgan fingerprint density at radius 1 is 1.16 bits per heavy atom. The summed E-state index contributed by atoms with van der Waals surface area (Å²) in [6.45, 7) is 4.04. The van der Waals surface area contributed by atoms with Crippen LogP contribution in [0.5, 0.6) is 0 Å². The maximum atomic E-state index is 10.7. The van der Waals surface area contributed by atoms with E-state index in [1.807, 2.05) is 48.0 Å². The Balaban J connectivity index is 2.24. The van der Waals surface area contributed by atoms with E-state index in [9.17, 15) is 5.11 Å². The molecule has 1 unspecified atom stereocenters. The van der Waals surface area contributed by atoms with Crippen molar-refractivity contribution >= 4 is 0 Å². The number of para-hydroxylation sites is 1. The Morgan fingerprint density at radius 3 is 2.58 bits per heavy atom. The molecule has 3 nitrogen and oxygen atoms in total. The minimum absolute atomic E-state index is 0.763. The van der Waals surface area contributed by atoms with Crippen LogP contribution >= 0.6 is 0 Å². The summed E-state index contributed by atoms with van der Waals surface area (Å²) in [5.41, 5.74) is 1.01. The second-order valence-electron chi connectivity index (χ2n) is 5.19. The van der Waals surface area contributed by atoms with Gasteiger partial charge in [-0.05, 0) is 31.5 Å². The van der Waals surface area contributed by atoms with Gasteiger partial charge in [-0.1, -0.05) is 44.4 Å². The zero-order valence-electron chi connectivity index (χ0n) is 11.7. The highest BCUT2D eigenvalue weighted by atomic mass is 16.3. The molecule has 0 saturated heterocycles. The second kappa shape index (κ2) is 6.02. The Labute approximate surface area is 114 Å². The number of aromatic nitrogens is 2. The van der Waals surface area contributed by atoms with Gasteiger partial charge in [0.15, 0.2) is 0 Å². The molecule has 2 rings (SSSR count). The highest BCUT2D eigenvalue weighted by molar-refractivity contribution is 5.33. The molecule has 1 aromatic heterocycles. The largest absolute Gasteiger partial charge is 0.384 e. The minimum Gasteiger partial charge on any atom is -0.384 e. The number of nitrogens with zero attached hydrogens (tertiary/aromatic N) is 2. The summed E-state index contributed by atoms with van der Waals surface area (Å²) in [6.07, 6.45) is 5.85. The fourth-order valence-corrected chi connectivity index (χ4v) is 2.33. The normalized spacial score (nSPS) is 14.3. The molecule has 1 heterocycles. The second-order valence-corrected chi connectivity index (χ2v) is 5.19. The van der Waals surface area contributed by atoms with E-state index in [0.717, 1.165) is 37.1 Å². The molecule has 0 amide bonds. The molecule has 0 fully saturated rings. The van der Waals surface area contributed by atoms with Crippen LogP contribution in [0.2, 0.25) is 0 Å². The van der Waals surface area contributed by atoms with Crippen molar-refractivity contribution in [1.29, 1.82) is 0 Å². The average Bonchev–Trinajstić information content (AvgIpc) is 2.90. The molecule has 0 saturated carbocycles. The smallest absolute Gasteiger partial charge is 0.104 e. The fourth-order valence-electron chi connectivity index (χ4n) is 2.33. The van der Waals surface area contributed by atoms with Crippen molar-refractivity contribution in [3.8, 4) is 5.69 Å². The van der Waals surface area contributed by atoms with Gasteiger partial charge < -0.3 is 5.11 Å². The van der Waals surface area contributed by atoms with Crippen LogP contribution in [-0.4, -0.2) is 14.9 Å². The molecule has 0 radical (unpaired) electrons. The third-order valence-electron chi connectivity index (χ3n) is 3.46. The van der Waals surface area contributed by atoms with Crippen LogP contribution in [0.15, 0.2) is 42.6 Å². The predicted molar refractivity (Wildman–Crippen MR) is 77.3 cm³/mol. The van der Waals surface area contributed by atoms with E-state index in [1.54, 1.807) is 6.20 Å². The molecule has 19 heavy (non-hydrogen) atoms. The lowest BCUT2D eigenvalue weighted by atomic mass is 9.94. The monoisotopic (exact) mass is 258 g/mol. The first-order valence-electron chi connectivity index (χ1n) is 6.97. The Kier molecular flexibility index (Phi) is 4.38. The summed E-state index contributed by atoms with van der Waals surface area (Å²) in [7, 11) is 0. The summed E-state index contributed by atoms with van der Waals surface area (Å²) in [4.78, 5) is 0. The van der Waals surface area contributed by atoms with Gasteiger partial charge in [0.1, 0.15) is 5.60 Å².